The lowest BCUT2D eigenvalue weighted by molar-refractivity contribution is -0.384. The number of nitro benzene ring substituents is 1. The summed E-state index contributed by atoms with van der Waals surface area (Å²) < 4.78 is 9.99. The first-order chi connectivity index (χ1) is 15.4. The van der Waals surface area contributed by atoms with Crippen molar-refractivity contribution in [2.75, 3.05) is 13.2 Å². The Morgan fingerprint density at radius 3 is 2.28 bits per heavy atom. The topological polar surface area (TPSA) is 137 Å². The second-order valence-corrected chi connectivity index (χ2v) is 6.73. The van der Waals surface area contributed by atoms with Crippen LogP contribution in [0.1, 0.15) is 24.5 Å². The van der Waals surface area contributed by atoms with E-state index in [0.29, 0.717) is 12.1 Å². The zero-order chi connectivity index (χ0) is 23.3. The van der Waals surface area contributed by atoms with Crippen molar-refractivity contribution >= 4 is 23.5 Å². The number of non-ortho nitro benzene ring substituents is 1. The molecule has 0 bridgehead atoms. The number of amides is 1. The fourth-order valence-electron chi connectivity index (χ4n) is 2.69. The highest BCUT2D eigenvalue weighted by molar-refractivity contribution is 5.89. The van der Waals surface area contributed by atoms with Crippen molar-refractivity contribution in [3.63, 3.8) is 0 Å². The Morgan fingerprint density at radius 1 is 0.969 bits per heavy atom. The molecule has 10 nitrogen and oxygen atoms in total. The summed E-state index contributed by atoms with van der Waals surface area (Å²) in [5, 5.41) is 16.2. The van der Waals surface area contributed by atoms with Crippen LogP contribution in [0.25, 0.3) is 0 Å². The fraction of sp³-hybridized carbons (Fsp3) is 0.318. The number of hydrogen-bond donors (Lipinski definition) is 2. The third-order valence-electron chi connectivity index (χ3n) is 4.34. The summed E-state index contributed by atoms with van der Waals surface area (Å²) in [6.45, 7) is 1.78. The molecule has 1 unspecified atom stereocenters. The van der Waals surface area contributed by atoms with Crippen molar-refractivity contribution in [1.29, 1.82) is 0 Å². The molecule has 0 aliphatic heterocycles. The molecule has 0 heterocycles. The van der Waals surface area contributed by atoms with Gasteiger partial charge < -0.3 is 20.1 Å². The maximum Gasteiger partial charge on any atom is 0.325 e. The number of nitrogens with one attached hydrogen (secondary N) is 2. The molecule has 0 spiro atoms. The molecule has 0 saturated heterocycles. The molecule has 32 heavy (non-hydrogen) atoms. The second kappa shape index (κ2) is 12.8. The number of ether oxygens (including phenoxy) is 2. The van der Waals surface area contributed by atoms with Gasteiger partial charge in [-0.2, -0.15) is 0 Å². The van der Waals surface area contributed by atoms with Crippen LogP contribution in [0.4, 0.5) is 5.69 Å². The summed E-state index contributed by atoms with van der Waals surface area (Å²) in [5.41, 5.74) is 1.42. The van der Waals surface area contributed by atoms with E-state index in [9.17, 15) is 24.5 Å². The van der Waals surface area contributed by atoms with E-state index in [1.165, 1.54) is 24.3 Å². The Morgan fingerprint density at radius 2 is 1.66 bits per heavy atom. The first kappa shape index (κ1) is 24.5. The van der Waals surface area contributed by atoms with Crippen molar-refractivity contribution in [2.45, 2.75) is 32.5 Å². The smallest absolute Gasteiger partial charge is 0.325 e. The van der Waals surface area contributed by atoms with Gasteiger partial charge in [0.1, 0.15) is 13.2 Å². The minimum atomic E-state index is -0.936. The zero-order valence-electron chi connectivity index (χ0n) is 17.6. The Hall–Kier alpha value is -3.79. The van der Waals surface area contributed by atoms with Crippen LogP contribution in [0.15, 0.2) is 54.6 Å². The van der Waals surface area contributed by atoms with E-state index in [2.05, 4.69) is 10.6 Å². The van der Waals surface area contributed by atoms with E-state index >= 15 is 0 Å². The molecule has 10 heteroatoms. The third-order valence-corrected chi connectivity index (χ3v) is 4.34. The van der Waals surface area contributed by atoms with Gasteiger partial charge in [-0.3, -0.25) is 24.5 Å². The van der Waals surface area contributed by atoms with Crippen molar-refractivity contribution in [2.24, 2.45) is 0 Å². The molecule has 1 amide bonds. The van der Waals surface area contributed by atoms with Gasteiger partial charge in [0, 0.05) is 18.7 Å². The van der Waals surface area contributed by atoms with Gasteiger partial charge in [0.25, 0.3) is 5.69 Å². The third kappa shape index (κ3) is 8.52. The van der Waals surface area contributed by atoms with Crippen LogP contribution in [0.2, 0.25) is 0 Å². The Labute approximate surface area is 185 Å². The molecule has 2 rings (SSSR count). The SMILES string of the molecule is CCOC(=O)CNC(=O)C(CC(=O)OCc1ccc([N+](=O)[O-])cc1)NCc1ccccc1. The average Bonchev–Trinajstić information content (AvgIpc) is 2.80. The largest absolute Gasteiger partial charge is 0.465 e. The quantitative estimate of drug-likeness (QED) is 0.288. The number of carbonyl (C=O) groups is 3. The number of benzene rings is 2. The van der Waals surface area contributed by atoms with Crippen LogP contribution in [0, 0.1) is 10.1 Å². The standard InChI is InChI=1S/C22H25N3O7/c1-2-31-21(27)14-24-22(28)19(23-13-16-6-4-3-5-7-16)12-20(26)32-15-17-8-10-18(11-9-17)25(29)30/h3-11,19,23H,2,12-15H2,1H3,(H,24,28). The second-order valence-electron chi connectivity index (χ2n) is 6.73. The summed E-state index contributed by atoms with van der Waals surface area (Å²) in [7, 11) is 0. The molecule has 2 N–H and O–H groups in total. The van der Waals surface area contributed by atoms with Gasteiger partial charge in [0.15, 0.2) is 0 Å². The van der Waals surface area contributed by atoms with Crippen LogP contribution in [0.3, 0.4) is 0 Å². The van der Waals surface area contributed by atoms with Gasteiger partial charge in [-0.15, -0.1) is 0 Å². The fourth-order valence-corrected chi connectivity index (χ4v) is 2.69. The van der Waals surface area contributed by atoms with Gasteiger partial charge in [-0.1, -0.05) is 30.3 Å². The maximum absolute atomic E-state index is 12.5. The number of rotatable bonds is 12. The lowest BCUT2D eigenvalue weighted by Gasteiger charge is -2.18. The molecule has 0 fully saturated rings. The summed E-state index contributed by atoms with van der Waals surface area (Å²) in [4.78, 5) is 46.5. The number of nitrogens with zero attached hydrogens (tertiary/aromatic N) is 1. The average molecular weight is 443 g/mol. The summed E-state index contributed by atoms with van der Waals surface area (Å²) >= 11 is 0. The van der Waals surface area contributed by atoms with E-state index < -0.39 is 28.8 Å². The molecule has 0 aliphatic carbocycles. The maximum atomic E-state index is 12.5. The van der Waals surface area contributed by atoms with E-state index in [1.807, 2.05) is 30.3 Å². The van der Waals surface area contributed by atoms with Crippen LogP contribution >= 0.6 is 0 Å². The molecule has 1 atom stereocenters. The molecule has 0 saturated carbocycles. The van der Waals surface area contributed by atoms with Crippen LogP contribution < -0.4 is 10.6 Å². The highest BCUT2D eigenvalue weighted by Crippen LogP contribution is 2.13. The molecule has 0 aromatic heterocycles. The van der Waals surface area contributed by atoms with Gasteiger partial charge in [0.2, 0.25) is 5.91 Å². The van der Waals surface area contributed by atoms with Crippen LogP contribution in [-0.4, -0.2) is 42.0 Å². The van der Waals surface area contributed by atoms with E-state index in [0.717, 1.165) is 5.56 Å². The molecule has 2 aromatic rings. The zero-order valence-corrected chi connectivity index (χ0v) is 17.6. The number of carbonyl (C=O) groups excluding carboxylic acids is 3. The normalized spacial score (nSPS) is 11.3. The molecular weight excluding hydrogens is 418 g/mol. The minimum Gasteiger partial charge on any atom is -0.465 e. The summed E-state index contributed by atoms with van der Waals surface area (Å²) in [5.74, 6) is -1.76. The first-order valence-corrected chi connectivity index (χ1v) is 9.98. The summed E-state index contributed by atoms with van der Waals surface area (Å²) in [6, 6.07) is 14.0. The monoisotopic (exact) mass is 443 g/mol. The number of esters is 2. The lowest BCUT2D eigenvalue weighted by atomic mass is 10.1. The van der Waals surface area contributed by atoms with E-state index in [4.69, 9.17) is 9.47 Å². The van der Waals surface area contributed by atoms with Crippen molar-refractivity contribution in [3.05, 3.63) is 75.8 Å². The summed E-state index contributed by atoms with van der Waals surface area (Å²) in [6.07, 6.45) is -0.269. The highest BCUT2D eigenvalue weighted by atomic mass is 16.6. The van der Waals surface area contributed by atoms with Gasteiger partial charge in [-0.25, -0.2) is 0 Å². The Bertz CT molecular complexity index is 917. The van der Waals surface area contributed by atoms with E-state index in [-0.39, 0.29) is 31.9 Å². The molecular formula is C22H25N3O7. The van der Waals surface area contributed by atoms with Crippen LogP contribution in [0.5, 0.6) is 0 Å². The minimum absolute atomic E-state index is 0.0662. The predicted octanol–water partition coefficient (Wildman–Crippen LogP) is 1.87. The van der Waals surface area contributed by atoms with Crippen LogP contribution in [-0.2, 0) is 37.0 Å². The van der Waals surface area contributed by atoms with Crippen molar-refractivity contribution in [1.82, 2.24) is 10.6 Å². The Kier molecular flexibility index (Phi) is 9.79. The number of nitro groups is 1. The van der Waals surface area contributed by atoms with Gasteiger partial charge in [0.05, 0.1) is 24.0 Å². The molecule has 170 valence electrons. The number of hydrogen-bond acceptors (Lipinski definition) is 8. The van der Waals surface area contributed by atoms with Crippen molar-refractivity contribution < 1.29 is 28.8 Å². The molecule has 2 aromatic carbocycles. The van der Waals surface area contributed by atoms with Crippen molar-refractivity contribution in [3.8, 4) is 0 Å². The highest BCUT2D eigenvalue weighted by Gasteiger charge is 2.23. The first-order valence-electron chi connectivity index (χ1n) is 9.98. The van der Waals surface area contributed by atoms with E-state index in [1.54, 1.807) is 6.92 Å². The Balaban J connectivity index is 1.93. The molecule has 0 radical (unpaired) electrons. The molecule has 0 aliphatic rings. The predicted molar refractivity (Wildman–Crippen MR) is 114 cm³/mol. The lowest BCUT2D eigenvalue weighted by Crippen LogP contribution is -2.46. The van der Waals surface area contributed by atoms with Gasteiger partial charge in [-0.05, 0) is 30.2 Å². The van der Waals surface area contributed by atoms with Gasteiger partial charge >= 0.3 is 11.9 Å².